The lowest BCUT2D eigenvalue weighted by atomic mass is 9.99. The van der Waals surface area contributed by atoms with Crippen molar-refractivity contribution >= 4 is 23.8 Å². The average molecular weight is 288 g/mol. The van der Waals surface area contributed by atoms with Gasteiger partial charge in [-0.25, -0.2) is 4.79 Å². The molecule has 1 fully saturated rings. The molecule has 2 rings (SSSR count). The van der Waals surface area contributed by atoms with Gasteiger partial charge >= 0.3 is 6.16 Å². The molecule has 0 aromatic heterocycles. The zero-order valence-electron chi connectivity index (χ0n) is 10.6. The predicted molar refractivity (Wildman–Crippen MR) is 67.8 cm³/mol. The number of nitrogens with two attached hydrogens (primary N) is 1. The molecule has 2 aliphatic heterocycles. The molecule has 19 heavy (non-hydrogen) atoms. The van der Waals surface area contributed by atoms with E-state index >= 15 is 0 Å². The first-order valence-corrected chi connectivity index (χ1v) is 6.66. The van der Waals surface area contributed by atoms with Crippen molar-refractivity contribution in [1.29, 1.82) is 0 Å². The number of hydrogen-bond acceptors (Lipinski definition) is 6. The number of fused-ring (bicyclic) bond motifs is 1. The molecule has 2 atom stereocenters. The van der Waals surface area contributed by atoms with Gasteiger partial charge in [-0.1, -0.05) is 11.8 Å². The van der Waals surface area contributed by atoms with Gasteiger partial charge in [-0.2, -0.15) is 0 Å². The van der Waals surface area contributed by atoms with Crippen LogP contribution in [0.5, 0.6) is 0 Å². The first kappa shape index (κ1) is 14.2. The topological polar surface area (TPSA) is 113 Å². The van der Waals surface area contributed by atoms with Gasteiger partial charge in [-0.15, -0.1) is 0 Å². The maximum atomic E-state index is 11.8. The van der Waals surface area contributed by atoms with Gasteiger partial charge in [0.15, 0.2) is 0 Å². The number of carbonyl (C=O) groups is 2. The highest BCUT2D eigenvalue weighted by molar-refractivity contribution is 8.04. The highest BCUT2D eigenvalue weighted by Crippen LogP contribution is 2.51. The van der Waals surface area contributed by atoms with E-state index in [1.54, 1.807) is 13.8 Å². The molecule has 0 spiro atoms. The Morgan fingerprint density at radius 2 is 2.21 bits per heavy atom. The Morgan fingerprint density at radius 3 is 2.68 bits per heavy atom. The molecule has 0 aromatic rings. The van der Waals surface area contributed by atoms with Crippen molar-refractivity contribution in [2.24, 2.45) is 11.7 Å². The zero-order valence-corrected chi connectivity index (χ0v) is 11.4. The van der Waals surface area contributed by atoms with Crippen molar-refractivity contribution < 1.29 is 24.5 Å². The number of carbonyl (C=O) groups excluding carboxylic acids is 1. The second-order valence-electron chi connectivity index (χ2n) is 5.27. The quantitative estimate of drug-likeness (QED) is 0.510. The molecule has 0 aromatic carbocycles. The number of aliphatic hydroxyl groups is 1. The van der Waals surface area contributed by atoms with Gasteiger partial charge in [-0.3, -0.25) is 9.69 Å². The third-order valence-electron chi connectivity index (χ3n) is 2.87. The van der Waals surface area contributed by atoms with Crippen LogP contribution in [0.3, 0.4) is 0 Å². The lowest BCUT2D eigenvalue weighted by Crippen LogP contribution is -2.58. The standard InChI is InChI=1S/C11H16N2O5S/c1-11(2,12)3-6-8(18-10(16)17)13-7(15)5(4-14)9(13)19-6/h5,9,14H,3-4,12H2,1-2H3,(H,16,17)/t5-,9+/m0/s1. The van der Waals surface area contributed by atoms with Crippen LogP contribution in [0.15, 0.2) is 10.8 Å². The molecule has 0 unspecified atom stereocenters. The third-order valence-corrected chi connectivity index (χ3v) is 4.25. The largest absolute Gasteiger partial charge is 0.512 e. The smallest absolute Gasteiger partial charge is 0.449 e. The van der Waals surface area contributed by atoms with Gasteiger partial charge < -0.3 is 20.7 Å². The molecule has 0 aliphatic carbocycles. The van der Waals surface area contributed by atoms with E-state index < -0.39 is 17.6 Å². The van der Waals surface area contributed by atoms with Crippen LogP contribution >= 0.6 is 11.8 Å². The summed E-state index contributed by atoms with van der Waals surface area (Å²) < 4.78 is 4.71. The van der Waals surface area contributed by atoms with E-state index in [0.29, 0.717) is 11.3 Å². The zero-order chi connectivity index (χ0) is 14.4. The fourth-order valence-corrected chi connectivity index (χ4v) is 3.75. The van der Waals surface area contributed by atoms with Gasteiger partial charge in [0.25, 0.3) is 0 Å². The summed E-state index contributed by atoms with van der Waals surface area (Å²) in [4.78, 5) is 24.4. The van der Waals surface area contributed by atoms with E-state index in [9.17, 15) is 9.59 Å². The molecule has 1 amide bonds. The van der Waals surface area contributed by atoms with Crippen molar-refractivity contribution in [2.75, 3.05) is 6.61 Å². The Hall–Kier alpha value is -1.25. The maximum absolute atomic E-state index is 11.8. The summed E-state index contributed by atoms with van der Waals surface area (Å²) in [6, 6.07) is 0. The van der Waals surface area contributed by atoms with Gasteiger partial charge in [-0.05, 0) is 13.8 Å². The monoisotopic (exact) mass is 288 g/mol. The minimum absolute atomic E-state index is 0.0377. The van der Waals surface area contributed by atoms with E-state index in [4.69, 9.17) is 20.7 Å². The molecule has 7 nitrogen and oxygen atoms in total. The van der Waals surface area contributed by atoms with Gasteiger partial charge in [0.05, 0.1) is 12.5 Å². The first-order chi connectivity index (χ1) is 8.74. The first-order valence-electron chi connectivity index (χ1n) is 5.78. The molecule has 106 valence electrons. The summed E-state index contributed by atoms with van der Waals surface area (Å²) >= 11 is 1.33. The summed E-state index contributed by atoms with van der Waals surface area (Å²) in [7, 11) is 0. The number of ether oxygens (including phenoxy) is 1. The summed E-state index contributed by atoms with van der Waals surface area (Å²) in [5.74, 6) is -0.785. The van der Waals surface area contributed by atoms with Gasteiger partial charge in [0.2, 0.25) is 11.8 Å². The molecule has 0 radical (unpaired) electrons. The summed E-state index contributed by atoms with van der Waals surface area (Å²) in [5, 5.41) is 17.6. The number of aliphatic hydroxyl groups excluding tert-OH is 1. The molecule has 8 heteroatoms. The number of hydrogen-bond donors (Lipinski definition) is 3. The molecule has 0 saturated carbocycles. The maximum Gasteiger partial charge on any atom is 0.512 e. The average Bonchev–Trinajstić information content (AvgIpc) is 2.51. The van der Waals surface area contributed by atoms with Crippen LogP contribution < -0.4 is 5.73 Å². The fourth-order valence-electron chi connectivity index (χ4n) is 2.09. The van der Waals surface area contributed by atoms with Gasteiger partial charge in [0, 0.05) is 16.9 Å². The number of nitrogens with zero attached hydrogens (tertiary/aromatic N) is 1. The van der Waals surface area contributed by atoms with Crippen LogP contribution in [-0.2, 0) is 9.53 Å². The van der Waals surface area contributed by atoms with E-state index in [0.717, 1.165) is 0 Å². The molecule has 4 N–H and O–H groups in total. The Balaban J connectivity index is 2.25. The van der Waals surface area contributed by atoms with Crippen molar-refractivity contribution in [3.63, 3.8) is 0 Å². The molecular formula is C11H16N2O5S. The minimum Gasteiger partial charge on any atom is -0.449 e. The number of rotatable bonds is 4. The summed E-state index contributed by atoms with van der Waals surface area (Å²) in [6.45, 7) is 3.35. The Bertz CT molecular complexity index is 456. The van der Waals surface area contributed by atoms with E-state index in [2.05, 4.69) is 0 Å². The lowest BCUT2D eigenvalue weighted by molar-refractivity contribution is -0.151. The van der Waals surface area contributed by atoms with Crippen LogP contribution in [0.4, 0.5) is 4.79 Å². The van der Waals surface area contributed by atoms with Crippen molar-refractivity contribution in [2.45, 2.75) is 31.2 Å². The number of amides is 1. The van der Waals surface area contributed by atoms with Crippen molar-refractivity contribution in [3.05, 3.63) is 10.8 Å². The van der Waals surface area contributed by atoms with E-state index in [1.807, 2.05) is 0 Å². The van der Waals surface area contributed by atoms with Crippen LogP contribution in [0.1, 0.15) is 20.3 Å². The van der Waals surface area contributed by atoms with Crippen molar-refractivity contribution in [1.82, 2.24) is 4.90 Å². The SMILES string of the molecule is CC(C)(N)CC1=C(OC(=O)O)N2C(=O)[C@H](CO)[C@H]2S1. The fraction of sp³-hybridized carbons (Fsp3) is 0.636. The number of β-lactam (4-membered cyclic amide) rings is 1. The summed E-state index contributed by atoms with van der Waals surface area (Å²) in [6.07, 6.45) is -1.07. The Labute approximate surface area is 114 Å². The van der Waals surface area contributed by atoms with Crippen LogP contribution in [0.25, 0.3) is 0 Å². The Kier molecular flexibility index (Phi) is 3.50. The minimum atomic E-state index is -1.47. The van der Waals surface area contributed by atoms with Gasteiger partial charge in [0.1, 0.15) is 5.37 Å². The lowest BCUT2D eigenvalue weighted by Gasteiger charge is -2.40. The highest BCUT2D eigenvalue weighted by Gasteiger charge is 2.55. The molecule has 1 saturated heterocycles. The highest BCUT2D eigenvalue weighted by atomic mass is 32.2. The van der Waals surface area contributed by atoms with Crippen LogP contribution in [0, 0.1) is 5.92 Å². The van der Waals surface area contributed by atoms with Crippen molar-refractivity contribution in [3.8, 4) is 0 Å². The number of thioether (sulfide) groups is 1. The molecular weight excluding hydrogens is 272 g/mol. The van der Waals surface area contributed by atoms with Crippen LogP contribution in [0.2, 0.25) is 0 Å². The molecule has 2 aliphatic rings. The van der Waals surface area contributed by atoms with E-state index in [1.165, 1.54) is 16.7 Å². The van der Waals surface area contributed by atoms with E-state index in [-0.39, 0.29) is 23.8 Å². The molecule has 0 bridgehead atoms. The summed E-state index contributed by atoms with van der Waals surface area (Å²) in [5.41, 5.74) is 5.37. The predicted octanol–water partition coefficient (Wildman–Crippen LogP) is 0.501. The van der Waals surface area contributed by atoms with Crippen LogP contribution in [-0.4, -0.2) is 44.7 Å². The Morgan fingerprint density at radius 1 is 1.58 bits per heavy atom. The molecule has 2 heterocycles. The second-order valence-corrected chi connectivity index (χ2v) is 6.48. The normalized spacial score (nSPS) is 26.3. The second kappa shape index (κ2) is 4.69. The third kappa shape index (κ3) is 2.56. The number of carboxylic acid groups (broad SMARTS) is 1.